The fourth-order valence-corrected chi connectivity index (χ4v) is 5.14. The molecule has 0 spiro atoms. The number of benzene rings is 3. The number of nitrogens with zero attached hydrogens (tertiary/aromatic N) is 1. The molecule has 0 aliphatic heterocycles. The molecule has 5 aromatic rings. The molecule has 28 heavy (non-hydrogen) atoms. The van der Waals surface area contributed by atoms with Gasteiger partial charge in [-0.15, -0.1) is 11.3 Å². The second-order valence-electron chi connectivity index (χ2n) is 7.18. The Bertz CT molecular complexity index is 1320. The lowest BCUT2D eigenvalue weighted by molar-refractivity contribution is 0.645. The molecule has 2 aromatic heterocycles. The van der Waals surface area contributed by atoms with E-state index in [4.69, 9.17) is 0 Å². The van der Waals surface area contributed by atoms with Gasteiger partial charge in [0.25, 0.3) is 0 Å². The summed E-state index contributed by atoms with van der Waals surface area (Å²) in [6.45, 7) is 4.18. The van der Waals surface area contributed by atoms with E-state index in [2.05, 4.69) is 37.0 Å². The summed E-state index contributed by atoms with van der Waals surface area (Å²) in [5.74, 6) is -0.156. The second-order valence-corrected chi connectivity index (χ2v) is 8.21. The fourth-order valence-electron chi connectivity index (χ4n) is 3.89. The van der Waals surface area contributed by atoms with Crippen LogP contribution in [0.2, 0.25) is 0 Å². The van der Waals surface area contributed by atoms with Gasteiger partial charge in [-0.05, 0) is 37.6 Å². The van der Waals surface area contributed by atoms with Crippen molar-refractivity contribution >= 4 is 31.5 Å². The Morgan fingerprint density at radius 1 is 0.750 bits per heavy atom. The molecule has 0 amide bonds. The number of halogens is 1. The highest BCUT2D eigenvalue weighted by Gasteiger charge is 2.17. The second kappa shape index (κ2) is 6.54. The van der Waals surface area contributed by atoms with E-state index in [0.29, 0.717) is 10.3 Å². The Balaban J connectivity index is 1.80. The van der Waals surface area contributed by atoms with Crippen molar-refractivity contribution in [2.24, 2.45) is 0 Å². The largest absolute Gasteiger partial charge is 0.255 e. The average Bonchev–Trinajstić information content (AvgIpc) is 3.08. The zero-order valence-electron chi connectivity index (χ0n) is 15.7. The van der Waals surface area contributed by atoms with Gasteiger partial charge < -0.3 is 0 Å². The van der Waals surface area contributed by atoms with E-state index in [0.717, 1.165) is 32.3 Å². The highest BCUT2D eigenvalue weighted by Crippen LogP contribution is 2.42. The highest BCUT2D eigenvalue weighted by molar-refractivity contribution is 7.26. The van der Waals surface area contributed by atoms with Crippen molar-refractivity contribution < 1.29 is 4.39 Å². The number of pyridine rings is 1. The summed E-state index contributed by atoms with van der Waals surface area (Å²) in [7, 11) is 0. The van der Waals surface area contributed by atoms with Gasteiger partial charge in [0.1, 0.15) is 5.82 Å². The summed E-state index contributed by atoms with van der Waals surface area (Å²) in [4.78, 5) is 4.65. The van der Waals surface area contributed by atoms with Gasteiger partial charge in [0.05, 0.1) is 15.1 Å². The smallest absolute Gasteiger partial charge is 0.148 e. The summed E-state index contributed by atoms with van der Waals surface area (Å²) < 4.78 is 17.2. The van der Waals surface area contributed by atoms with E-state index >= 15 is 4.39 Å². The molecule has 0 aliphatic rings. The average molecular weight is 383 g/mol. The van der Waals surface area contributed by atoms with E-state index in [1.807, 2.05) is 54.7 Å². The number of aromatic nitrogens is 1. The maximum absolute atomic E-state index is 15.4. The summed E-state index contributed by atoms with van der Waals surface area (Å²) in [6.07, 6.45) is 1.82. The zero-order chi connectivity index (χ0) is 19.3. The van der Waals surface area contributed by atoms with Crippen molar-refractivity contribution in [3.8, 4) is 22.4 Å². The molecule has 0 aliphatic carbocycles. The first-order valence-corrected chi connectivity index (χ1v) is 10.1. The molecule has 0 fully saturated rings. The lowest BCUT2D eigenvalue weighted by Gasteiger charge is -2.05. The molecule has 2 heterocycles. The van der Waals surface area contributed by atoms with Crippen LogP contribution in [0.3, 0.4) is 0 Å². The highest BCUT2D eigenvalue weighted by atomic mass is 32.1. The molecule has 0 saturated carbocycles. The quantitative estimate of drug-likeness (QED) is 0.307. The predicted octanol–water partition coefficient (Wildman–Crippen LogP) is 7.54. The maximum Gasteiger partial charge on any atom is 0.148 e. The standard InChI is InChI=1S/C25H18FNS/c1-15-12-16(2)14-18(13-15)23-25-21(10-11-27-23)20-9-8-19(22(26)24(20)28-25)17-6-4-3-5-7-17/h3-14H,1-2H3. The Labute approximate surface area is 167 Å². The van der Waals surface area contributed by atoms with E-state index in [9.17, 15) is 0 Å². The molecule has 0 radical (unpaired) electrons. The zero-order valence-corrected chi connectivity index (χ0v) is 16.5. The number of fused-ring (bicyclic) bond motifs is 3. The van der Waals surface area contributed by atoms with Crippen LogP contribution in [0.15, 0.2) is 72.9 Å². The van der Waals surface area contributed by atoms with Crippen molar-refractivity contribution in [2.45, 2.75) is 13.8 Å². The van der Waals surface area contributed by atoms with Crippen molar-refractivity contribution in [3.05, 3.63) is 89.9 Å². The van der Waals surface area contributed by atoms with Gasteiger partial charge in [-0.25, -0.2) is 4.39 Å². The molecular weight excluding hydrogens is 365 g/mol. The van der Waals surface area contributed by atoms with E-state index < -0.39 is 0 Å². The van der Waals surface area contributed by atoms with Crippen LogP contribution in [0.25, 0.3) is 42.6 Å². The van der Waals surface area contributed by atoms with E-state index in [1.54, 1.807) is 0 Å². The monoisotopic (exact) mass is 383 g/mol. The Kier molecular flexibility index (Phi) is 3.99. The molecule has 136 valence electrons. The van der Waals surface area contributed by atoms with Crippen LogP contribution in [0, 0.1) is 19.7 Å². The fraction of sp³-hybridized carbons (Fsp3) is 0.0800. The van der Waals surface area contributed by atoms with Crippen LogP contribution >= 0.6 is 11.3 Å². The first-order chi connectivity index (χ1) is 13.6. The van der Waals surface area contributed by atoms with Crippen molar-refractivity contribution in [1.29, 1.82) is 0 Å². The maximum atomic E-state index is 15.4. The third-order valence-electron chi connectivity index (χ3n) is 5.08. The predicted molar refractivity (Wildman–Crippen MR) is 117 cm³/mol. The molecular formula is C25H18FNS. The minimum Gasteiger partial charge on any atom is -0.255 e. The molecule has 0 unspecified atom stereocenters. The molecule has 0 bridgehead atoms. The lowest BCUT2D eigenvalue weighted by Crippen LogP contribution is -1.86. The normalized spacial score (nSPS) is 11.4. The first-order valence-electron chi connectivity index (χ1n) is 9.25. The minimum atomic E-state index is -0.156. The Morgan fingerprint density at radius 2 is 1.46 bits per heavy atom. The third kappa shape index (κ3) is 2.71. The summed E-state index contributed by atoms with van der Waals surface area (Å²) in [6, 6.07) is 22.1. The van der Waals surface area contributed by atoms with Gasteiger partial charge in [-0.1, -0.05) is 59.7 Å². The molecule has 0 N–H and O–H groups in total. The van der Waals surface area contributed by atoms with Gasteiger partial charge in [0.2, 0.25) is 0 Å². The van der Waals surface area contributed by atoms with Crippen molar-refractivity contribution in [1.82, 2.24) is 4.98 Å². The molecule has 0 atom stereocenters. The van der Waals surface area contributed by atoms with Crippen LogP contribution in [0.4, 0.5) is 4.39 Å². The van der Waals surface area contributed by atoms with E-state index in [1.165, 1.54) is 22.5 Å². The summed E-state index contributed by atoms with van der Waals surface area (Å²) in [5, 5.41) is 2.01. The molecule has 1 nitrogen and oxygen atoms in total. The SMILES string of the molecule is Cc1cc(C)cc(-c2nccc3c2sc2c(F)c(-c4ccccc4)ccc23)c1. The van der Waals surface area contributed by atoms with E-state index in [-0.39, 0.29) is 5.82 Å². The summed E-state index contributed by atoms with van der Waals surface area (Å²) in [5.41, 5.74) is 5.94. The van der Waals surface area contributed by atoms with Gasteiger partial charge in [0, 0.05) is 28.1 Å². The Morgan fingerprint density at radius 3 is 2.21 bits per heavy atom. The lowest BCUT2D eigenvalue weighted by atomic mass is 10.0. The third-order valence-corrected chi connectivity index (χ3v) is 6.30. The van der Waals surface area contributed by atoms with Gasteiger partial charge >= 0.3 is 0 Å². The Hall–Kier alpha value is -3.04. The van der Waals surface area contributed by atoms with Gasteiger partial charge in [0.15, 0.2) is 0 Å². The number of thiophene rings is 1. The number of aryl methyl sites for hydroxylation is 2. The first kappa shape index (κ1) is 17.1. The molecule has 3 aromatic carbocycles. The van der Waals surface area contributed by atoms with Crippen LogP contribution in [0.1, 0.15) is 11.1 Å². The van der Waals surface area contributed by atoms with Crippen LogP contribution in [-0.4, -0.2) is 4.98 Å². The van der Waals surface area contributed by atoms with Gasteiger partial charge in [-0.2, -0.15) is 0 Å². The van der Waals surface area contributed by atoms with Gasteiger partial charge in [-0.3, -0.25) is 4.98 Å². The van der Waals surface area contributed by atoms with Crippen LogP contribution < -0.4 is 0 Å². The summed E-state index contributed by atoms with van der Waals surface area (Å²) >= 11 is 1.49. The molecule has 5 rings (SSSR count). The number of hydrogen-bond donors (Lipinski definition) is 0. The van der Waals surface area contributed by atoms with Crippen LogP contribution in [-0.2, 0) is 0 Å². The number of rotatable bonds is 2. The van der Waals surface area contributed by atoms with Crippen LogP contribution in [0.5, 0.6) is 0 Å². The minimum absolute atomic E-state index is 0.156. The van der Waals surface area contributed by atoms with Crippen molar-refractivity contribution in [2.75, 3.05) is 0 Å². The molecule has 0 saturated heterocycles. The van der Waals surface area contributed by atoms with Crippen molar-refractivity contribution in [3.63, 3.8) is 0 Å². The number of hydrogen-bond acceptors (Lipinski definition) is 2. The molecule has 3 heteroatoms. The topological polar surface area (TPSA) is 12.9 Å².